The third kappa shape index (κ3) is 5.39. The Morgan fingerprint density at radius 2 is 1.91 bits per heavy atom. The van der Waals surface area contributed by atoms with E-state index in [0.29, 0.717) is 29.9 Å². The van der Waals surface area contributed by atoms with Crippen LogP contribution in [0, 0.1) is 19.7 Å². The molecular formula is C25H35FN6O2. The number of carbonyl (C=O) groups is 1. The number of rotatable bonds is 9. The van der Waals surface area contributed by atoms with Crippen LogP contribution in [-0.2, 0) is 4.79 Å². The number of benzene rings is 1. The van der Waals surface area contributed by atoms with Crippen molar-refractivity contribution in [3.63, 3.8) is 0 Å². The lowest BCUT2D eigenvalue weighted by atomic mass is 10.0. The van der Waals surface area contributed by atoms with Crippen LogP contribution in [0.15, 0.2) is 18.2 Å². The molecular weight excluding hydrogens is 435 g/mol. The third-order valence-electron chi connectivity index (χ3n) is 6.76. The van der Waals surface area contributed by atoms with E-state index in [4.69, 9.17) is 5.73 Å². The van der Waals surface area contributed by atoms with Crippen LogP contribution in [0.2, 0.25) is 0 Å². The highest BCUT2D eigenvalue weighted by Gasteiger charge is 2.26. The molecule has 0 bridgehead atoms. The van der Waals surface area contributed by atoms with Crippen molar-refractivity contribution >= 4 is 23.2 Å². The Bertz CT molecular complexity index is 1060. The number of carbonyl (C=O) groups excluding carboxylic acids is 1. The first kappa shape index (κ1) is 24.6. The fourth-order valence-corrected chi connectivity index (χ4v) is 4.85. The Morgan fingerprint density at radius 1 is 1.21 bits per heavy atom. The normalized spacial score (nSPS) is 19.0. The first-order chi connectivity index (χ1) is 16.4. The molecule has 0 saturated carbocycles. The first-order valence-corrected chi connectivity index (χ1v) is 12.0. The number of amides is 1. The van der Waals surface area contributed by atoms with Gasteiger partial charge in [0, 0.05) is 67.5 Å². The van der Waals surface area contributed by atoms with Crippen molar-refractivity contribution in [2.75, 3.05) is 57.7 Å². The van der Waals surface area contributed by atoms with Gasteiger partial charge in [0.05, 0.1) is 5.57 Å². The predicted octanol–water partition coefficient (Wildman–Crippen LogP) is 1.81. The molecule has 34 heavy (non-hydrogen) atoms. The van der Waals surface area contributed by atoms with Crippen LogP contribution in [0.25, 0.3) is 11.6 Å². The van der Waals surface area contributed by atoms with Crippen molar-refractivity contribution in [3.05, 3.63) is 52.1 Å². The number of hydrogen-bond acceptors (Lipinski definition) is 6. The lowest BCUT2D eigenvalue weighted by Crippen LogP contribution is -2.48. The average molecular weight is 471 g/mol. The van der Waals surface area contributed by atoms with Gasteiger partial charge in [0.2, 0.25) is 0 Å². The second-order valence-corrected chi connectivity index (χ2v) is 9.09. The van der Waals surface area contributed by atoms with Gasteiger partial charge in [0.1, 0.15) is 12.0 Å². The van der Waals surface area contributed by atoms with E-state index in [2.05, 4.69) is 25.4 Å². The van der Waals surface area contributed by atoms with Crippen LogP contribution in [-0.4, -0.2) is 78.2 Å². The highest BCUT2D eigenvalue weighted by molar-refractivity contribution is 6.34. The molecule has 2 aliphatic rings. The number of aryl methyl sites for hydroxylation is 1. The number of anilines is 1. The molecule has 1 aromatic heterocycles. The quantitative estimate of drug-likeness (QED) is 0.217. The van der Waals surface area contributed by atoms with E-state index in [0.717, 1.165) is 68.2 Å². The molecule has 0 spiro atoms. The molecule has 1 amide bonds. The zero-order chi connectivity index (χ0) is 24.2. The second-order valence-electron chi connectivity index (χ2n) is 9.09. The van der Waals surface area contributed by atoms with Gasteiger partial charge in [-0.2, -0.15) is 0 Å². The van der Waals surface area contributed by atoms with Crippen molar-refractivity contribution in [3.8, 4) is 0 Å². The summed E-state index contributed by atoms with van der Waals surface area (Å²) in [6.07, 6.45) is 1.85. The van der Waals surface area contributed by atoms with Crippen LogP contribution in [0.1, 0.15) is 40.7 Å². The molecule has 1 fully saturated rings. The Kier molecular flexibility index (Phi) is 7.80. The Balaban J connectivity index is 1.35. The molecule has 1 aromatic carbocycles. The lowest BCUT2D eigenvalue weighted by molar-refractivity contribution is -0.110. The Labute approximate surface area is 200 Å². The van der Waals surface area contributed by atoms with Gasteiger partial charge in [-0.25, -0.2) is 4.39 Å². The minimum absolute atomic E-state index is 0.267. The molecule has 0 aliphatic carbocycles. The minimum atomic E-state index is -0.813. The zero-order valence-corrected chi connectivity index (χ0v) is 20.0. The molecule has 1 saturated heterocycles. The van der Waals surface area contributed by atoms with Crippen molar-refractivity contribution in [2.24, 2.45) is 5.73 Å². The largest absolute Gasteiger partial charge is 0.374 e. The van der Waals surface area contributed by atoms with Crippen LogP contribution in [0.4, 0.5) is 10.1 Å². The summed E-state index contributed by atoms with van der Waals surface area (Å²) in [5.41, 5.74) is 10.4. The van der Waals surface area contributed by atoms with Gasteiger partial charge in [-0.3, -0.25) is 15.0 Å². The van der Waals surface area contributed by atoms with Crippen LogP contribution in [0.3, 0.4) is 0 Å². The summed E-state index contributed by atoms with van der Waals surface area (Å²) >= 11 is 0. The smallest absolute Gasteiger partial charge is 0.256 e. The maximum atomic E-state index is 13.7. The standard InChI is InChI=1S/C25H35FN6O2/c1-16-22(15-20-19-14-18(26)4-5-21(19)30-24(20)33)29-17(2)23(16)25(34)28-7-3-8-31-10-12-32(9-6-27)13-11-31/h4-5,14-15,25,28-29,34H,3,6-13,27H2,1-2H3,(H,30,33)/b20-15-. The predicted molar refractivity (Wildman–Crippen MR) is 133 cm³/mol. The van der Waals surface area contributed by atoms with Gasteiger partial charge in [-0.05, 0) is 63.2 Å². The van der Waals surface area contributed by atoms with Crippen LogP contribution < -0.4 is 16.4 Å². The average Bonchev–Trinajstić information content (AvgIpc) is 3.27. The van der Waals surface area contributed by atoms with Crippen molar-refractivity contribution in [1.29, 1.82) is 0 Å². The number of H-pyrrole nitrogens is 1. The van der Waals surface area contributed by atoms with Crippen molar-refractivity contribution < 1.29 is 14.3 Å². The van der Waals surface area contributed by atoms with Crippen LogP contribution in [0.5, 0.6) is 0 Å². The summed E-state index contributed by atoms with van der Waals surface area (Å²) in [5, 5.41) is 16.8. The fraction of sp³-hybridized carbons (Fsp3) is 0.480. The molecule has 8 nitrogen and oxygen atoms in total. The zero-order valence-electron chi connectivity index (χ0n) is 20.0. The Morgan fingerprint density at radius 3 is 2.62 bits per heavy atom. The first-order valence-electron chi connectivity index (χ1n) is 12.0. The van der Waals surface area contributed by atoms with Gasteiger partial charge in [-0.1, -0.05) is 0 Å². The SMILES string of the molecule is Cc1[nH]c(/C=C2\C(=O)Nc3ccc(F)cc32)c(C)c1C(O)NCCCN1CCN(CCN)CC1. The van der Waals surface area contributed by atoms with Gasteiger partial charge in [-0.15, -0.1) is 0 Å². The number of aliphatic hydroxyl groups is 1. The summed E-state index contributed by atoms with van der Waals surface area (Å²) in [6, 6.07) is 4.25. The van der Waals surface area contributed by atoms with Gasteiger partial charge < -0.3 is 26.0 Å². The summed E-state index contributed by atoms with van der Waals surface area (Å²) < 4.78 is 13.7. The highest BCUT2D eigenvalue weighted by atomic mass is 19.1. The molecule has 3 heterocycles. The molecule has 2 aromatic rings. The van der Waals surface area contributed by atoms with E-state index >= 15 is 0 Å². The molecule has 4 rings (SSSR count). The second kappa shape index (κ2) is 10.8. The number of nitrogens with one attached hydrogen (secondary N) is 3. The molecule has 184 valence electrons. The number of piperazine rings is 1. The number of aliphatic hydroxyl groups excluding tert-OH is 1. The topological polar surface area (TPSA) is 110 Å². The maximum Gasteiger partial charge on any atom is 0.256 e. The molecule has 6 N–H and O–H groups in total. The third-order valence-corrected chi connectivity index (χ3v) is 6.76. The van der Waals surface area contributed by atoms with Crippen LogP contribution >= 0.6 is 0 Å². The summed E-state index contributed by atoms with van der Waals surface area (Å²) in [6.45, 7) is 11.4. The summed E-state index contributed by atoms with van der Waals surface area (Å²) in [5.74, 6) is -0.658. The maximum absolute atomic E-state index is 13.7. The number of fused-ring (bicyclic) bond motifs is 1. The summed E-state index contributed by atoms with van der Waals surface area (Å²) in [7, 11) is 0. The molecule has 1 unspecified atom stereocenters. The molecule has 0 radical (unpaired) electrons. The lowest BCUT2D eigenvalue weighted by Gasteiger charge is -2.34. The van der Waals surface area contributed by atoms with Gasteiger partial charge in [0.15, 0.2) is 0 Å². The molecule has 9 heteroatoms. The number of aromatic amines is 1. The Hall–Kier alpha value is -2.56. The number of aromatic nitrogens is 1. The number of hydrogen-bond donors (Lipinski definition) is 5. The summed E-state index contributed by atoms with van der Waals surface area (Å²) in [4.78, 5) is 20.6. The van der Waals surface area contributed by atoms with E-state index in [1.807, 2.05) is 13.8 Å². The van der Waals surface area contributed by atoms with E-state index < -0.39 is 12.0 Å². The van der Waals surface area contributed by atoms with E-state index in [1.165, 1.54) is 12.1 Å². The molecule has 2 aliphatic heterocycles. The van der Waals surface area contributed by atoms with E-state index in [9.17, 15) is 14.3 Å². The van der Waals surface area contributed by atoms with Gasteiger partial charge >= 0.3 is 0 Å². The van der Waals surface area contributed by atoms with Gasteiger partial charge in [0.25, 0.3) is 5.91 Å². The minimum Gasteiger partial charge on any atom is -0.374 e. The monoisotopic (exact) mass is 470 g/mol. The number of halogens is 1. The number of nitrogens with zero attached hydrogens (tertiary/aromatic N) is 2. The van der Waals surface area contributed by atoms with Crippen molar-refractivity contribution in [1.82, 2.24) is 20.1 Å². The highest BCUT2D eigenvalue weighted by Crippen LogP contribution is 2.35. The molecule has 1 atom stereocenters. The number of nitrogens with two attached hydrogens (primary N) is 1. The van der Waals surface area contributed by atoms with E-state index in [1.54, 1.807) is 12.1 Å². The fourth-order valence-electron chi connectivity index (χ4n) is 4.85. The van der Waals surface area contributed by atoms with Crippen molar-refractivity contribution in [2.45, 2.75) is 26.5 Å². The van der Waals surface area contributed by atoms with E-state index in [-0.39, 0.29) is 5.91 Å².